The third-order valence-corrected chi connectivity index (χ3v) is 14.7. The summed E-state index contributed by atoms with van der Waals surface area (Å²) in [5, 5.41) is 0.226. The average molecular weight is 1030 g/mol. The number of fused-ring (bicyclic) bond motifs is 5. The number of anilines is 9. The lowest BCUT2D eigenvalue weighted by Crippen LogP contribution is -2.61. The number of nitrogens with zero attached hydrogens (tertiary/aromatic N) is 3. The lowest BCUT2D eigenvalue weighted by molar-refractivity contribution is 0.422. The molecule has 0 unspecified atom stereocenters. The van der Waals surface area contributed by atoms with Gasteiger partial charge in [0.05, 0.1) is 31.9 Å². The van der Waals surface area contributed by atoms with Gasteiger partial charge < -0.3 is 14.7 Å². The Hall–Kier alpha value is -7.30. The maximum atomic E-state index is 11.5. The van der Waals surface area contributed by atoms with E-state index in [-0.39, 0.29) is 113 Å². The molecule has 0 N–H and O–H groups in total. The summed E-state index contributed by atoms with van der Waals surface area (Å²) < 4.78 is 220. The van der Waals surface area contributed by atoms with Gasteiger partial charge in [0.1, 0.15) is 0 Å². The zero-order valence-electron chi connectivity index (χ0n) is 68.1. The minimum Gasteiger partial charge on any atom is -0.311 e. The molecule has 0 bridgehead atoms. The fraction of sp³-hybridized carbons (Fsp3) is 0.288. The Labute approximate surface area is 491 Å². The highest BCUT2D eigenvalue weighted by Crippen LogP contribution is 2.51. The Balaban J connectivity index is 1.40. The fourth-order valence-corrected chi connectivity index (χ4v) is 10.6. The number of benzene rings is 9. The van der Waals surface area contributed by atoms with Crippen LogP contribution in [0.1, 0.15) is 172 Å². The molecule has 0 radical (unpaired) electrons. The highest BCUT2D eigenvalue weighted by Gasteiger charge is 2.45. The van der Waals surface area contributed by atoms with Gasteiger partial charge in [-0.05, 0) is 180 Å². The van der Waals surface area contributed by atoms with Crippen molar-refractivity contribution < 1.29 is 30.2 Å². The monoisotopic (exact) mass is 1030 g/mol. The summed E-state index contributed by atoms with van der Waals surface area (Å²) in [5.41, 5.74) is -5.33. The molecular weight excluding hydrogens is 930 g/mol. The normalized spacial score (nSPS) is 21.0. The van der Waals surface area contributed by atoms with Crippen molar-refractivity contribution >= 4 is 85.1 Å². The summed E-state index contributed by atoms with van der Waals surface area (Å²) in [6.45, 7) is 21.1. The van der Waals surface area contributed by atoms with Gasteiger partial charge in [-0.3, -0.25) is 0 Å². The summed E-state index contributed by atoms with van der Waals surface area (Å²) in [4.78, 5) is 3.92. The Morgan fingerprint density at radius 1 is 0.506 bits per heavy atom. The summed E-state index contributed by atoms with van der Waals surface area (Å²) in [6, 6.07) is 17.6. The molecule has 386 valence electrons. The van der Waals surface area contributed by atoms with Crippen LogP contribution in [-0.4, -0.2) is 6.71 Å². The van der Waals surface area contributed by atoms with Crippen LogP contribution in [0.3, 0.4) is 0 Å². The molecule has 1 aliphatic carbocycles. The summed E-state index contributed by atoms with van der Waals surface area (Å²) >= 11 is 0. The van der Waals surface area contributed by atoms with Gasteiger partial charge in [0.2, 0.25) is 0 Å². The van der Waals surface area contributed by atoms with Crippen LogP contribution in [0.25, 0.3) is 21.9 Å². The van der Waals surface area contributed by atoms with Crippen molar-refractivity contribution in [1.29, 1.82) is 0 Å². The van der Waals surface area contributed by atoms with Crippen LogP contribution in [0.15, 0.2) is 182 Å². The minimum atomic E-state index is -3.15. The van der Waals surface area contributed by atoms with Crippen LogP contribution < -0.4 is 31.1 Å². The zero-order valence-corrected chi connectivity index (χ0v) is 46.1. The van der Waals surface area contributed by atoms with Crippen molar-refractivity contribution in [3.05, 3.63) is 215 Å². The van der Waals surface area contributed by atoms with E-state index in [1.165, 1.54) is 28.0 Å². The van der Waals surface area contributed by atoms with Crippen LogP contribution in [0, 0.1) is 6.92 Å². The molecule has 0 saturated heterocycles. The first-order valence-electron chi connectivity index (χ1n) is 37.3. The van der Waals surface area contributed by atoms with E-state index in [0.717, 1.165) is 4.90 Å². The smallest absolute Gasteiger partial charge is 0.252 e. The molecule has 0 atom stereocenters. The van der Waals surface area contributed by atoms with Crippen molar-refractivity contribution in [2.24, 2.45) is 0 Å². The molecule has 0 aromatic heterocycles. The first kappa shape index (κ1) is 31.2. The Kier molecular flexibility index (Phi) is 7.47. The maximum absolute atomic E-state index is 11.5. The lowest BCUT2D eigenvalue weighted by Gasteiger charge is -2.46. The molecule has 9 aromatic carbocycles. The summed E-state index contributed by atoms with van der Waals surface area (Å²) in [7, 11) is 0. The largest absolute Gasteiger partial charge is 0.311 e. The van der Waals surface area contributed by atoms with E-state index < -0.39 is 137 Å². The van der Waals surface area contributed by atoms with Crippen molar-refractivity contribution in [1.82, 2.24) is 0 Å². The van der Waals surface area contributed by atoms with Crippen molar-refractivity contribution in [3.63, 3.8) is 0 Å². The summed E-state index contributed by atoms with van der Waals surface area (Å²) in [6.07, 6.45) is -9.41. The third kappa shape index (κ3) is 8.86. The molecule has 3 aliphatic rings. The minimum absolute atomic E-state index is 0.00530. The Morgan fingerprint density at radius 3 is 1.65 bits per heavy atom. The Morgan fingerprint density at radius 2 is 1.05 bits per heavy atom. The molecule has 77 heavy (non-hydrogen) atoms. The van der Waals surface area contributed by atoms with E-state index >= 15 is 0 Å². The van der Waals surface area contributed by atoms with Gasteiger partial charge >= 0.3 is 0 Å². The van der Waals surface area contributed by atoms with Crippen molar-refractivity contribution in [3.8, 4) is 11.1 Å². The van der Waals surface area contributed by atoms with Gasteiger partial charge in [0, 0.05) is 54.8 Å². The second kappa shape index (κ2) is 18.4. The van der Waals surface area contributed by atoms with Gasteiger partial charge in [0.25, 0.3) is 6.71 Å². The third-order valence-electron chi connectivity index (χ3n) is 14.7. The molecule has 9 aromatic rings. The van der Waals surface area contributed by atoms with Crippen LogP contribution in [0.2, 0.25) is 0 Å². The second-order valence-corrected chi connectivity index (χ2v) is 24.5. The van der Waals surface area contributed by atoms with E-state index in [2.05, 4.69) is 0 Å². The van der Waals surface area contributed by atoms with E-state index in [1.807, 2.05) is 57.2 Å². The van der Waals surface area contributed by atoms with Crippen LogP contribution in [-0.2, 0) is 21.7 Å². The standard InChI is InChI=1S/C73H76BN3/c1-47-41-56(35-37-61(47)73(11,12)13)77-66-39-32-53(72(8,9)10)44-63(66)74-62-43-52(71(5,6)7)31-38-65(62)76(54-33-29-51(30-34-54)70(2,3)4)67-45-57(46-68(77)69(67)74)75(55-26-20-25-50(42-55)48-21-15-14-16-22-48)64-40-36-58(49-23-19-24-49)59-27-17-18-28-60(59)64/h14-18,20-22,25-46,49H,19,23-24H2,1-13H3/i19D2,23D2,24D2,29D,30D,31D,32D,33D,34D,35D,37D,38D,39D,41D,43D,44D,45D,46D,49D. The van der Waals surface area contributed by atoms with Crippen molar-refractivity contribution in [2.75, 3.05) is 14.7 Å². The predicted octanol–water partition coefficient (Wildman–Crippen LogP) is 18.8. The molecule has 1 fully saturated rings. The van der Waals surface area contributed by atoms with Gasteiger partial charge in [-0.1, -0.05) is 205 Å². The lowest BCUT2D eigenvalue weighted by atomic mass is 9.33. The molecular formula is C73H76BN3. The zero-order chi connectivity index (χ0) is 73.3. The maximum Gasteiger partial charge on any atom is 0.252 e. The van der Waals surface area contributed by atoms with Crippen LogP contribution >= 0.6 is 0 Å². The van der Waals surface area contributed by atoms with E-state index in [9.17, 15) is 21.9 Å². The number of hydrogen-bond donors (Lipinski definition) is 0. The molecule has 0 amide bonds. The van der Waals surface area contributed by atoms with Crippen LogP contribution in [0.4, 0.5) is 51.2 Å². The first-order valence-corrected chi connectivity index (χ1v) is 26.3. The first-order chi connectivity index (χ1) is 45.6. The van der Waals surface area contributed by atoms with Crippen LogP contribution in [0.5, 0.6) is 0 Å². The molecule has 3 nitrogen and oxygen atoms in total. The highest BCUT2D eigenvalue weighted by molar-refractivity contribution is 7.00. The summed E-state index contributed by atoms with van der Waals surface area (Å²) in [5.74, 6) is -2.90. The highest BCUT2D eigenvalue weighted by atomic mass is 15.2. The van der Waals surface area contributed by atoms with E-state index in [0.29, 0.717) is 16.7 Å². The van der Waals surface area contributed by atoms with E-state index in [1.54, 1.807) is 106 Å². The Bertz CT molecular complexity index is 4730. The van der Waals surface area contributed by atoms with Crippen molar-refractivity contribution in [2.45, 2.75) is 137 Å². The van der Waals surface area contributed by atoms with Gasteiger partial charge in [-0.2, -0.15) is 0 Å². The fourth-order valence-electron chi connectivity index (χ4n) is 10.6. The molecule has 12 rings (SSSR count). The second-order valence-electron chi connectivity index (χ2n) is 24.5. The number of hydrogen-bond acceptors (Lipinski definition) is 3. The quantitative estimate of drug-likeness (QED) is 0.147. The van der Waals surface area contributed by atoms with E-state index in [4.69, 9.17) is 8.22 Å². The molecule has 4 heteroatoms. The van der Waals surface area contributed by atoms with Gasteiger partial charge in [-0.25, -0.2) is 0 Å². The molecule has 0 spiro atoms. The van der Waals surface area contributed by atoms with Gasteiger partial charge in [-0.15, -0.1) is 0 Å². The molecule has 2 heterocycles. The predicted molar refractivity (Wildman–Crippen MR) is 334 cm³/mol. The topological polar surface area (TPSA) is 9.72 Å². The SMILES string of the molecule is [2H]c1c([2H])c(C(C)(C)C)c([2H])c([2H])c1N1c2c([2H])c([2H])c(C(C)(C)C)c([2H])c2B2c3c([2H])c(C(C)(C)C)c([2H])c([2H])c3N(c3c([2H])c([2H])c(C(C)(C)C)c(C)c3[2H])c3c([2H])c(N(c4cccc(-c5ccccc5)c4)c4ccc(C5([2H])C([2H])([2H])C([2H])([2H])C5([2H])[2H])c5ccccc45)c([2H])c1c32. The average Bonchev–Trinajstić information content (AvgIpc) is 0.657. The molecule has 2 aliphatic heterocycles. The van der Waals surface area contributed by atoms with Gasteiger partial charge in [0.15, 0.2) is 0 Å². The number of rotatable bonds is 7. The molecule has 1 saturated carbocycles.